The van der Waals surface area contributed by atoms with Gasteiger partial charge in [-0.05, 0) is 50.6 Å². The molecule has 0 aliphatic carbocycles. The Morgan fingerprint density at radius 2 is 1.78 bits per heavy atom. The van der Waals surface area contributed by atoms with E-state index in [1.54, 1.807) is 12.1 Å². The number of aromatic nitrogens is 4. The average molecular weight is 500 g/mol. The van der Waals surface area contributed by atoms with E-state index in [4.69, 9.17) is 4.98 Å². The van der Waals surface area contributed by atoms with E-state index in [1.165, 1.54) is 17.8 Å². The first-order valence-electron chi connectivity index (χ1n) is 11.8. The molecule has 5 aromatic rings. The highest BCUT2D eigenvalue weighted by Crippen LogP contribution is 2.31. The van der Waals surface area contributed by atoms with Gasteiger partial charge in [-0.3, -0.25) is 4.79 Å². The maximum absolute atomic E-state index is 14.5. The Hall–Kier alpha value is -3.78. The SMILES string of the molecule is CCC(Sc1nnc2c3cc(C)ccc3n(Cc3ccccc3F)c2n1)C(=O)Nc1ccc(C)cc1. The molecule has 36 heavy (non-hydrogen) atoms. The second kappa shape index (κ2) is 10.1. The predicted octanol–water partition coefficient (Wildman–Crippen LogP) is 6.29. The van der Waals surface area contributed by atoms with Crippen LogP contribution in [0.15, 0.2) is 71.9 Å². The number of fused-ring (bicyclic) bond motifs is 3. The Kier molecular flexibility index (Phi) is 6.69. The molecular weight excluding hydrogens is 473 g/mol. The molecule has 6 nitrogen and oxygen atoms in total. The fraction of sp³-hybridized carbons (Fsp3) is 0.214. The first-order valence-corrected chi connectivity index (χ1v) is 12.7. The zero-order valence-electron chi connectivity index (χ0n) is 20.3. The van der Waals surface area contributed by atoms with Crippen molar-refractivity contribution in [1.29, 1.82) is 0 Å². The number of amides is 1. The lowest BCUT2D eigenvalue weighted by molar-refractivity contribution is -0.115. The molecule has 5 rings (SSSR count). The van der Waals surface area contributed by atoms with Gasteiger partial charge in [-0.15, -0.1) is 10.2 Å². The molecule has 0 saturated heterocycles. The number of hydrogen-bond acceptors (Lipinski definition) is 5. The fourth-order valence-corrected chi connectivity index (χ4v) is 4.99. The second-order valence-electron chi connectivity index (χ2n) is 8.83. The van der Waals surface area contributed by atoms with Crippen molar-refractivity contribution in [2.75, 3.05) is 5.32 Å². The Morgan fingerprint density at radius 1 is 1.03 bits per heavy atom. The smallest absolute Gasteiger partial charge is 0.237 e. The van der Waals surface area contributed by atoms with E-state index in [9.17, 15) is 9.18 Å². The van der Waals surface area contributed by atoms with Crippen molar-refractivity contribution in [3.63, 3.8) is 0 Å². The summed E-state index contributed by atoms with van der Waals surface area (Å²) >= 11 is 1.28. The minimum Gasteiger partial charge on any atom is -0.325 e. The number of anilines is 1. The largest absolute Gasteiger partial charge is 0.325 e. The summed E-state index contributed by atoms with van der Waals surface area (Å²) in [6, 6.07) is 20.5. The second-order valence-corrected chi connectivity index (χ2v) is 10.0. The summed E-state index contributed by atoms with van der Waals surface area (Å²) in [6.07, 6.45) is 0.598. The molecule has 2 aromatic heterocycles. The first kappa shape index (κ1) is 23.9. The number of nitrogens with one attached hydrogen (secondary N) is 1. The molecule has 1 unspecified atom stereocenters. The van der Waals surface area contributed by atoms with Gasteiger partial charge in [0.05, 0.1) is 17.3 Å². The quantitative estimate of drug-likeness (QED) is 0.266. The zero-order valence-corrected chi connectivity index (χ0v) is 21.1. The van der Waals surface area contributed by atoms with Gasteiger partial charge < -0.3 is 9.88 Å². The van der Waals surface area contributed by atoms with Gasteiger partial charge in [-0.1, -0.05) is 66.2 Å². The molecule has 0 aliphatic heterocycles. The summed E-state index contributed by atoms with van der Waals surface area (Å²) in [7, 11) is 0. The molecule has 1 amide bonds. The van der Waals surface area contributed by atoms with Gasteiger partial charge in [0.2, 0.25) is 11.1 Å². The van der Waals surface area contributed by atoms with E-state index in [2.05, 4.69) is 15.5 Å². The normalized spacial score (nSPS) is 12.2. The highest BCUT2D eigenvalue weighted by atomic mass is 32.2. The molecule has 182 valence electrons. The minimum atomic E-state index is -0.391. The highest BCUT2D eigenvalue weighted by molar-refractivity contribution is 8.00. The molecule has 0 bridgehead atoms. The van der Waals surface area contributed by atoms with Gasteiger partial charge in [0.25, 0.3) is 0 Å². The summed E-state index contributed by atoms with van der Waals surface area (Å²) in [4.78, 5) is 17.8. The Balaban J connectivity index is 1.50. The van der Waals surface area contributed by atoms with E-state index >= 15 is 0 Å². The third kappa shape index (κ3) is 4.81. The monoisotopic (exact) mass is 499 g/mol. The van der Waals surface area contributed by atoms with Gasteiger partial charge in [0.1, 0.15) is 11.3 Å². The number of carbonyl (C=O) groups excluding carboxylic acids is 1. The van der Waals surface area contributed by atoms with Crippen LogP contribution in [0, 0.1) is 19.7 Å². The van der Waals surface area contributed by atoms with Crippen LogP contribution in [0.4, 0.5) is 10.1 Å². The average Bonchev–Trinajstić information content (AvgIpc) is 3.17. The Labute approximate surface area is 213 Å². The van der Waals surface area contributed by atoms with Crippen LogP contribution in [0.5, 0.6) is 0 Å². The number of rotatable bonds is 7. The summed E-state index contributed by atoms with van der Waals surface area (Å²) < 4.78 is 16.5. The number of nitrogens with zero attached hydrogens (tertiary/aromatic N) is 4. The van der Waals surface area contributed by atoms with Crippen molar-refractivity contribution in [2.45, 2.75) is 44.1 Å². The van der Waals surface area contributed by atoms with Gasteiger partial charge in [-0.2, -0.15) is 0 Å². The third-order valence-corrected chi connectivity index (χ3v) is 7.33. The Morgan fingerprint density at radius 3 is 2.53 bits per heavy atom. The van der Waals surface area contributed by atoms with Crippen molar-refractivity contribution in [3.8, 4) is 0 Å². The van der Waals surface area contributed by atoms with E-state index < -0.39 is 5.25 Å². The first-order chi connectivity index (χ1) is 17.4. The molecule has 0 aliphatic rings. The van der Waals surface area contributed by atoms with Crippen molar-refractivity contribution in [3.05, 3.63) is 89.2 Å². The number of aryl methyl sites for hydroxylation is 2. The summed E-state index contributed by atoms with van der Waals surface area (Å²) in [5, 5.41) is 12.7. The van der Waals surface area contributed by atoms with E-state index in [0.717, 1.165) is 27.7 Å². The van der Waals surface area contributed by atoms with Crippen molar-refractivity contribution in [2.24, 2.45) is 0 Å². The maximum Gasteiger partial charge on any atom is 0.237 e. The van der Waals surface area contributed by atoms with Crippen LogP contribution in [0.25, 0.3) is 22.1 Å². The molecule has 0 spiro atoms. The van der Waals surface area contributed by atoms with Gasteiger partial charge >= 0.3 is 0 Å². The van der Waals surface area contributed by atoms with Crippen LogP contribution in [0.1, 0.15) is 30.0 Å². The number of halogens is 1. The van der Waals surface area contributed by atoms with Crippen molar-refractivity contribution >= 4 is 45.4 Å². The maximum atomic E-state index is 14.5. The lowest BCUT2D eigenvalue weighted by atomic mass is 10.1. The number of hydrogen-bond donors (Lipinski definition) is 1. The summed E-state index contributed by atoms with van der Waals surface area (Å²) in [5.41, 5.74) is 5.71. The van der Waals surface area contributed by atoms with Crippen molar-refractivity contribution < 1.29 is 9.18 Å². The fourth-order valence-electron chi connectivity index (χ4n) is 4.17. The van der Waals surface area contributed by atoms with Crippen LogP contribution in [-0.4, -0.2) is 30.9 Å². The van der Waals surface area contributed by atoms with E-state index in [-0.39, 0.29) is 11.7 Å². The highest BCUT2D eigenvalue weighted by Gasteiger charge is 2.22. The van der Waals surface area contributed by atoms with Gasteiger partial charge in [0.15, 0.2) is 5.65 Å². The molecule has 0 radical (unpaired) electrons. The van der Waals surface area contributed by atoms with Crippen LogP contribution in [0.3, 0.4) is 0 Å². The van der Waals surface area contributed by atoms with Crippen molar-refractivity contribution in [1.82, 2.24) is 19.7 Å². The standard InChI is InChI=1S/C28H26FN5OS/c1-4-24(27(35)30-20-12-9-17(2)10-13-20)36-28-31-26-25(32-33-28)21-15-18(3)11-14-23(21)34(26)16-19-7-5-6-8-22(19)29/h5-15,24H,4,16H2,1-3H3,(H,30,35). The molecule has 2 heterocycles. The molecular formula is C28H26FN5OS. The molecule has 8 heteroatoms. The molecule has 0 fully saturated rings. The summed E-state index contributed by atoms with van der Waals surface area (Å²) in [5.74, 6) is -0.382. The van der Waals surface area contributed by atoms with E-state index in [0.29, 0.717) is 34.8 Å². The molecule has 0 saturated carbocycles. The Bertz CT molecular complexity index is 1560. The number of benzene rings is 3. The lowest BCUT2D eigenvalue weighted by Gasteiger charge is -2.14. The lowest BCUT2D eigenvalue weighted by Crippen LogP contribution is -2.24. The number of carbonyl (C=O) groups is 1. The van der Waals surface area contributed by atoms with Crippen LogP contribution in [-0.2, 0) is 11.3 Å². The van der Waals surface area contributed by atoms with Crippen LogP contribution >= 0.6 is 11.8 Å². The summed E-state index contributed by atoms with van der Waals surface area (Å²) in [6.45, 7) is 6.28. The third-order valence-electron chi connectivity index (χ3n) is 6.12. The van der Waals surface area contributed by atoms with E-state index in [1.807, 2.05) is 73.9 Å². The minimum absolute atomic E-state index is 0.113. The van der Waals surface area contributed by atoms with Gasteiger partial charge in [-0.25, -0.2) is 9.37 Å². The predicted molar refractivity (Wildman–Crippen MR) is 143 cm³/mol. The van der Waals surface area contributed by atoms with Crippen LogP contribution < -0.4 is 5.32 Å². The van der Waals surface area contributed by atoms with Gasteiger partial charge in [0, 0.05) is 16.6 Å². The molecule has 1 atom stereocenters. The topological polar surface area (TPSA) is 72.7 Å². The van der Waals surface area contributed by atoms with Crippen LogP contribution in [0.2, 0.25) is 0 Å². The number of thioether (sulfide) groups is 1. The molecule has 3 aromatic carbocycles. The zero-order chi connectivity index (χ0) is 25.2. The molecule has 1 N–H and O–H groups in total.